The monoisotopic (exact) mass is 684 g/mol. The summed E-state index contributed by atoms with van der Waals surface area (Å²) in [7, 11) is 10.0. The van der Waals surface area contributed by atoms with Crippen LogP contribution in [0.5, 0.6) is 34.5 Å². The van der Waals surface area contributed by atoms with E-state index in [-0.39, 0.29) is 47.8 Å². The molecule has 0 spiro atoms. The molecule has 1 amide bonds. The Morgan fingerprint density at radius 1 is 0.820 bits per heavy atom. The lowest BCUT2D eigenvalue weighted by atomic mass is 9.73. The number of rotatable bonds is 8. The van der Waals surface area contributed by atoms with Crippen molar-refractivity contribution in [2.45, 2.75) is 57.1 Å². The molecule has 7 rings (SSSR count). The number of likely N-dealkylation sites (N-methyl/N-ethyl adjacent to an activating group) is 1. The van der Waals surface area contributed by atoms with Gasteiger partial charge < -0.3 is 39.2 Å². The van der Waals surface area contributed by atoms with Gasteiger partial charge >= 0.3 is 0 Å². The highest BCUT2D eigenvalue weighted by atomic mass is 16.5. The van der Waals surface area contributed by atoms with E-state index in [0.717, 1.165) is 33.2 Å². The summed E-state index contributed by atoms with van der Waals surface area (Å²) in [4.78, 5) is 22.9. The van der Waals surface area contributed by atoms with Crippen molar-refractivity contribution < 1.29 is 38.7 Å². The van der Waals surface area contributed by atoms with Gasteiger partial charge in [0, 0.05) is 58.5 Å². The van der Waals surface area contributed by atoms with Crippen molar-refractivity contribution >= 4 is 16.8 Å². The number of nitrogens with zero attached hydrogens (tertiary/aromatic N) is 3. The van der Waals surface area contributed by atoms with Gasteiger partial charge in [0.25, 0.3) is 5.91 Å². The van der Waals surface area contributed by atoms with Crippen molar-refractivity contribution in [2.75, 3.05) is 49.1 Å². The van der Waals surface area contributed by atoms with Gasteiger partial charge in [-0.1, -0.05) is 24.3 Å². The number of hydrogen-bond donors (Lipinski definition) is 3. The zero-order valence-corrected chi connectivity index (χ0v) is 29.7. The molecule has 3 aliphatic rings. The molecule has 2 bridgehead atoms. The first kappa shape index (κ1) is 33.7. The summed E-state index contributed by atoms with van der Waals surface area (Å²) < 4.78 is 29.8. The predicted molar refractivity (Wildman–Crippen MR) is 187 cm³/mol. The van der Waals surface area contributed by atoms with Gasteiger partial charge in [-0.15, -0.1) is 0 Å². The number of phenols is 2. The van der Waals surface area contributed by atoms with E-state index in [0.29, 0.717) is 47.0 Å². The fourth-order valence-electron chi connectivity index (χ4n) is 8.95. The number of nitrogens with one attached hydrogen (secondary N) is 1. The summed E-state index contributed by atoms with van der Waals surface area (Å²) >= 11 is 0. The minimum atomic E-state index is -0.585. The number of carbonyl (C=O) groups excluding carboxylic acids is 1. The van der Waals surface area contributed by atoms with Crippen LogP contribution in [0.25, 0.3) is 10.9 Å². The molecular weight excluding hydrogens is 640 g/mol. The largest absolute Gasteiger partial charge is 0.504 e. The minimum Gasteiger partial charge on any atom is -0.504 e. The second-order valence-corrected chi connectivity index (χ2v) is 13.2. The SMILES string of the molecule is COc1c(C)c(OC)c2c(c1O)[C@H]1[C@@H]3Cc4c(OC)c(C)c(OC)c(O)c4[C@H](CNC(=O)c4ccc5ccccc5n4)N3[C@@H](OC)[C@@H](C2)N1C. The fourth-order valence-corrected chi connectivity index (χ4v) is 8.95. The summed E-state index contributed by atoms with van der Waals surface area (Å²) in [5.41, 5.74) is 5.44. The van der Waals surface area contributed by atoms with Crippen LogP contribution >= 0.6 is 0 Å². The first-order valence-electron chi connectivity index (χ1n) is 16.7. The first-order valence-corrected chi connectivity index (χ1v) is 16.7. The molecule has 0 unspecified atom stereocenters. The number of piperazine rings is 1. The van der Waals surface area contributed by atoms with E-state index < -0.39 is 12.3 Å². The highest BCUT2D eigenvalue weighted by molar-refractivity contribution is 5.95. The maximum Gasteiger partial charge on any atom is 0.269 e. The number of ether oxygens (including phenoxy) is 5. The van der Waals surface area contributed by atoms with Crippen LogP contribution in [-0.2, 0) is 17.6 Å². The summed E-state index contributed by atoms with van der Waals surface area (Å²) in [6, 6.07) is 9.82. The highest BCUT2D eigenvalue weighted by Crippen LogP contribution is 2.59. The molecule has 3 N–H and O–H groups in total. The smallest absolute Gasteiger partial charge is 0.269 e. The lowest BCUT2D eigenvalue weighted by molar-refractivity contribution is -0.185. The number of para-hydroxylation sites is 1. The first-order chi connectivity index (χ1) is 24.1. The third-order valence-electron chi connectivity index (χ3n) is 11.0. The molecule has 5 atom stereocenters. The molecule has 4 heterocycles. The summed E-state index contributed by atoms with van der Waals surface area (Å²) in [6.45, 7) is 3.85. The van der Waals surface area contributed by atoms with Gasteiger partial charge in [0.2, 0.25) is 0 Å². The van der Waals surface area contributed by atoms with Crippen molar-refractivity contribution in [1.82, 2.24) is 20.1 Å². The normalized spacial score (nSPS) is 22.7. The van der Waals surface area contributed by atoms with Gasteiger partial charge in [0.15, 0.2) is 23.0 Å². The van der Waals surface area contributed by atoms with Crippen LogP contribution in [-0.4, -0.2) is 98.4 Å². The summed E-state index contributed by atoms with van der Waals surface area (Å²) in [5.74, 6) is 1.67. The molecule has 50 heavy (non-hydrogen) atoms. The van der Waals surface area contributed by atoms with E-state index in [1.165, 1.54) is 7.11 Å². The van der Waals surface area contributed by atoms with Gasteiger partial charge in [-0.3, -0.25) is 14.6 Å². The van der Waals surface area contributed by atoms with Crippen molar-refractivity contribution in [1.29, 1.82) is 0 Å². The topological polar surface area (TPSA) is 135 Å². The van der Waals surface area contributed by atoms with Crippen molar-refractivity contribution in [3.63, 3.8) is 0 Å². The predicted octanol–water partition coefficient (Wildman–Crippen LogP) is 4.58. The Morgan fingerprint density at radius 2 is 1.40 bits per heavy atom. The molecule has 4 aromatic rings. The number of methoxy groups -OCH3 is 5. The van der Waals surface area contributed by atoms with E-state index >= 15 is 0 Å². The van der Waals surface area contributed by atoms with Crippen LogP contribution in [0.3, 0.4) is 0 Å². The number of hydrogen-bond acceptors (Lipinski definition) is 11. The summed E-state index contributed by atoms with van der Waals surface area (Å²) in [5, 5.41) is 27.9. The number of benzene rings is 3. The molecule has 3 aromatic carbocycles. The van der Waals surface area contributed by atoms with Crippen LogP contribution in [0, 0.1) is 13.8 Å². The van der Waals surface area contributed by atoms with E-state index in [1.54, 1.807) is 34.5 Å². The third kappa shape index (κ3) is 4.84. The maximum absolute atomic E-state index is 13.8. The van der Waals surface area contributed by atoms with Crippen LogP contribution in [0.1, 0.15) is 56.0 Å². The zero-order chi connectivity index (χ0) is 35.6. The number of amides is 1. The lowest BCUT2D eigenvalue weighted by Gasteiger charge is -2.61. The molecule has 0 saturated carbocycles. The second-order valence-electron chi connectivity index (χ2n) is 13.2. The Labute approximate surface area is 291 Å². The van der Waals surface area contributed by atoms with Crippen LogP contribution in [0.4, 0.5) is 0 Å². The van der Waals surface area contributed by atoms with Gasteiger partial charge in [-0.05, 0) is 45.9 Å². The average Bonchev–Trinajstić information content (AvgIpc) is 3.11. The Hall–Kier alpha value is -4.78. The Balaban J connectivity index is 1.41. The molecule has 1 fully saturated rings. The van der Waals surface area contributed by atoms with E-state index in [9.17, 15) is 15.0 Å². The maximum atomic E-state index is 13.8. The number of aromatic nitrogens is 1. The fraction of sp³-hybridized carbons (Fsp3) is 0.421. The minimum absolute atomic E-state index is 0.0107. The molecule has 3 aliphatic heterocycles. The quantitative estimate of drug-likeness (QED) is 0.241. The molecular formula is C38H44N4O8. The van der Waals surface area contributed by atoms with Gasteiger partial charge in [0.05, 0.1) is 52.1 Å². The van der Waals surface area contributed by atoms with Crippen LogP contribution < -0.4 is 24.3 Å². The molecule has 12 heteroatoms. The lowest BCUT2D eigenvalue weighted by Crippen LogP contribution is -2.69. The number of aromatic hydroxyl groups is 2. The molecule has 12 nitrogen and oxygen atoms in total. The van der Waals surface area contributed by atoms with Crippen LogP contribution in [0.2, 0.25) is 0 Å². The average molecular weight is 685 g/mol. The number of carbonyl (C=O) groups is 1. The van der Waals surface area contributed by atoms with E-state index in [2.05, 4.69) is 20.1 Å². The number of pyridine rings is 1. The molecule has 264 valence electrons. The van der Waals surface area contributed by atoms with Crippen LogP contribution in [0.15, 0.2) is 36.4 Å². The van der Waals surface area contributed by atoms with Crippen molar-refractivity contribution in [3.05, 3.63) is 75.5 Å². The third-order valence-corrected chi connectivity index (χ3v) is 11.0. The summed E-state index contributed by atoms with van der Waals surface area (Å²) in [6.07, 6.45) is 0.479. The Kier molecular flexibility index (Phi) is 8.65. The standard InChI is InChI=1S/C38H44N4O8/c1-18-33(46-4)21-15-25-30-29-22(34(47-5)19(2)36(49-7)32(29)44)16-26(41(30)3)38(50-8)42(25)27(28(21)31(43)35(18)48-6)17-39-37(45)24-14-13-20-11-9-10-12-23(20)40-24/h9-14,25-27,30,38,43-44H,15-17H2,1-8H3,(H,39,45)/t25-,26+,27-,30+,38-/m0/s1. The molecule has 0 aliphatic carbocycles. The van der Waals surface area contributed by atoms with Gasteiger partial charge in [0.1, 0.15) is 23.4 Å². The number of phenolic OH excluding ortho intramolecular Hbond substituents is 2. The second kappa shape index (κ2) is 12.8. The van der Waals surface area contributed by atoms with Gasteiger partial charge in [-0.2, -0.15) is 0 Å². The highest BCUT2D eigenvalue weighted by Gasteiger charge is 2.57. The Bertz CT molecular complexity index is 2000. The van der Waals surface area contributed by atoms with Gasteiger partial charge in [-0.25, -0.2) is 4.98 Å². The van der Waals surface area contributed by atoms with E-state index in [1.807, 2.05) is 51.2 Å². The van der Waals surface area contributed by atoms with Crippen molar-refractivity contribution in [3.8, 4) is 34.5 Å². The van der Waals surface area contributed by atoms with E-state index in [4.69, 9.17) is 23.7 Å². The van der Waals surface area contributed by atoms with Crippen molar-refractivity contribution in [2.24, 2.45) is 0 Å². The Morgan fingerprint density at radius 3 is 2.02 bits per heavy atom. The number of fused-ring (bicyclic) bond motifs is 8. The molecule has 1 aromatic heterocycles. The molecule has 1 saturated heterocycles. The zero-order valence-electron chi connectivity index (χ0n) is 29.7. The molecule has 0 radical (unpaired) electrons.